The fourth-order valence-corrected chi connectivity index (χ4v) is 3.88. The summed E-state index contributed by atoms with van der Waals surface area (Å²) in [4.78, 5) is 29.7. The van der Waals surface area contributed by atoms with Crippen molar-refractivity contribution in [2.75, 3.05) is 13.1 Å². The number of amides is 3. The normalized spacial score (nSPS) is 17.6. The quantitative estimate of drug-likeness (QED) is 0.523. The molecule has 1 saturated heterocycles. The van der Waals surface area contributed by atoms with Crippen molar-refractivity contribution >= 4 is 34.9 Å². The average molecular weight is 467 g/mol. The molecule has 2 heterocycles. The highest BCUT2D eigenvalue weighted by atomic mass is 35.5. The number of hydrogen-bond donors (Lipinski definition) is 2. The predicted molar refractivity (Wildman–Crippen MR) is 99.7 cm³/mol. The van der Waals surface area contributed by atoms with E-state index in [1.807, 2.05) is 0 Å². The molecule has 30 heavy (non-hydrogen) atoms. The number of carbonyl (C=O) groups is 2. The molecule has 0 saturated carbocycles. The number of rotatable bonds is 5. The van der Waals surface area contributed by atoms with Crippen LogP contribution in [0.5, 0.6) is 5.19 Å². The van der Waals surface area contributed by atoms with Gasteiger partial charge >= 0.3 is 12.6 Å². The number of halogens is 5. The smallest absolute Gasteiger partial charge is 0.389 e. The van der Waals surface area contributed by atoms with Crippen LogP contribution >= 0.6 is 22.9 Å². The number of hydrogen-bond acceptors (Lipinski definition) is 5. The lowest BCUT2D eigenvalue weighted by atomic mass is 10.0. The van der Waals surface area contributed by atoms with Crippen LogP contribution in [0, 0.1) is 11.6 Å². The molecule has 13 heteroatoms. The molecule has 2 N–H and O–H groups in total. The Hall–Kier alpha value is -2.60. The van der Waals surface area contributed by atoms with E-state index in [-0.39, 0.29) is 29.4 Å². The van der Waals surface area contributed by atoms with Crippen LogP contribution in [0.2, 0.25) is 5.02 Å². The van der Waals surface area contributed by atoms with Crippen molar-refractivity contribution in [3.05, 3.63) is 45.4 Å². The Morgan fingerprint density at radius 3 is 2.87 bits per heavy atom. The van der Waals surface area contributed by atoms with Crippen LogP contribution in [0.25, 0.3) is 0 Å². The number of nitrogens with zero attached hydrogens (tertiary/aromatic N) is 2. The standard InChI is InChI=1S/C17H15ClF4N4O3S/c1-7-14(27)23-4-5-26(7)16(28)25-13(8-2-3-9(19)11(18)12(8)20)10-6-24-17(30-10)29-15(21)22/h2-3,6-7,13,15H,4-5H2,1H3,(H,23,27)(H,25,28)/t7-,13?/m1/s1. The SMILES string of the molecule is C[C@@H]1C(=O)NCCN1C(=O)NC(c1cnc(OC(F)F)s1)c1ccc(F)c(Cl)c1F. The number of carbonyl (C=O) groups excluding carboxylic acids is 2. The van der Waals surface area contributed by atoms with Gasteiger partial charge in [-0.3, -0.25) is 4.79 Å². The van der Waals surface area contributed by atoms with Gasteiger partial charge in [0.1, 0.15) is 22.7 Å². The molecule has 1 aromatic heterocycles. The van der Waals surface area contributed by atoms with E-state index in [9.17, 15) is 27.2 Å². The van der Waals surface area contributed by atoms with Gasteiger partial charge in [0.25, 0.3) is 5.19 Å². The van der Waals surface area contributed by atoms with E-state index in [0.717, 1.165) is 18.3 Å². The highest BCUT2D eigenvalue weighted by molar-refractivity contribution is 7.13. The van der Waals surface area contributed by atoms with E-state index in [0.29, 0.717) is 11.3 Å². The van der Waals surface area contributed by atoms with Crippen molar-refractivity contribution in [1.82, 2.24) is 20.5 Å². The summed E-state index contributed by atoms with van der Waals surface area (Å²) in [5.41, 5.74) is -0.212. The molecule has 1 aliphatic heterocycles. The Kier molecular flexibility index (Phi) is 6.66. The second-order valence-electron chi connectivity index (χ2n) is 6.21. The first kappa shape index (κ1) is 22.1. The molecular weight excluding hydrogens is 452 g/mol. The fraction of sp³-hybridized carbons (Fsp3) is 0.353. The van der Waals surface area contributed by atoms with Crippen LogP contribution in [0.4, 0.5) is 22.4 Å². The molecule has 2 atom stereocenters. The van der Waals surface area contributed by atoms with Crippen LogP contribution in [0.1, 0.15) is 23.4 Å². The number of alkyl halides is 2. The largest absolute Gasteiger partial charge is 0.408 e. The summed E-state index contributed by atoms with van der Waals surface area (Å²) in [5, 5.41) is 3.95. The molecular formula is C17H15ClF4N4O3S. The zero-order valence-corrected chi connectivity index (χ0v) is 16.9. The first-order chi connectivity index (χ1) is 14.2. The lowest BCUT2D eigenvalue weighted by Gasteiger charge is -2.34. The van der Waals surface area contributed by atoms with Crippen LogP contribution in [-0.2, 0) is 4.79 Å². The summed E-state index contributed by atoms with van der Waals surface area (Å²) >= 11 is 6.30. The van der Waals surface area contributed by atoms with E-state index < -0.39 is 46.6 Å². The summed E-state index contributed by atoms with van der Waals surface area (Å²) in [6.07, 6.45) is 1.12. The molecule has 7 nitrogen and oxygen atoms in total. The fourth-order valence-electron chi connectivity index (χ4n) is 2.87. The van der Waals surface area contributed by atoms with Gasteiger partial charge in [-0.2, -0.15) is 8.78 Å². The van der Waals surface area contributed by atoms with Crippen molar-refractivity contribution in [1.29, 1.82) is 0 Å². The maximum absolute atomic E-state index is 14.7. The minimum absolute atomic E-state index is 0.134. The van der Waals surface area contributed by atoms with E-state index in [4.69, 9.17) is 11.6 Å². The van der Waals surface area contributed by atoms with Gasteiger partial charge in [0, 0.05) is 24.8 Å². The van der Waals surface area contributed by atoms with E-state index in [1.54, 1.807) is 0 Å². The summed E-state index contributed by atoms with van der Waals surface area (Å²) in [5.74, 6) is -2.50. The Labute approximate surface area is 177 Å². The van der Waals surface area contributed by atoms with Gasteiger partial charge in [0.15, 0.2) is 0 Å². The lowest BCUT2D eigenvalue weighted by molar-refractivity contribution is -0.126. The van der Waals surface area contributed by atoms with Crippen LogP contribution in [-0.4, -0.2) is 47.6 Å². The van der Waals surface area contributed by atoms with Crippen molar-refractivity contribution in [3.63, 3.8) is 0 Å². The molecule has 3 rings (SSSR count). The molecule has 162 valence electrons. The zero-order chi connectivity index (χ0) is 22.0. The zero-order valence-electron chi connectivity index (χ0n) is 15.3. The molecule has 2 aromatic rings. The number of urea groups is 1. The Balaban J connectivity index is 1.96. The van der Waals surface area contributed by atoms with Crippen LogP contribution in [0.15, 0.2) is 18.3 Å². The van der Waals surface area contributed by atoms with Crippen molar-refractivity contribution in [3.8, 4) is 5.19 Å². The van der Waals surface area contributed by atoms with Gasteiger partial charge in [-0.15, -0.1) is 0 Å². The molecule has 0 aliphatic carbocycles. The summed E-state index contributed by atoms with van der Waals surface area (Å²) in [6, 6.07) is -0.775. The third-order valence-corrected chi connectivity index (χ3v) is 5.68. The third kappa shape index (κ3) is 4.59. The average Bonchev–Trinajstić information content (AvgIpc) is 3.14. The molecule has 1 aromatic carbocycles. The van der Waals surface area contributed by atoms with Gasteiger partial charge < -0.3 is 20.3 Å². The number of aromatic nitrogens is 1. The first-order valence-corrected chi connectivity index (χ1v) is 9.77. The minimum atomic E-state index is -3.12. The second-order valence-corrected chi connectivity index (χ2v) is 7.62. The van der Waals surface area contributed by atoms with Crippen LogP contribution in [0.3, 0.4) is 0 Å². The first-order valence-electron chi connectivity index (χ1n) is 8.57. The van der Waals surface area contributed by atoms with E-state index in [2.05, 4.69) is 20.4 Å². The Morgan fingerprint density at radius 2 is 2.17 bits per heavy atom. The maximum atomic E-state index is 14.7. The molecule has 3 amide bonds. The molecule has 1 aliphatic rings. The highest BCUT2D eigenvalue weighted by Gasteiger charge is 2.32. The molecule has 0 radical (unpaired) electrons. The number of nitrogens with one attached hydrogen (secondary N) is 2. The van der Waals surface area contributed by atoms with Gasteiger partial charge in [-0.1, -0.05) is 29.0 Å². The van der Waals surface area contributed by atoms with E-state index >= 15 is 0 Å². The Morgan fingerprint density at radius 1 is 1.43 bits per heavy atom. The number of piperazine rings is 1. The topological polar surface area (TPSA) is 83.6 Å². The van der Waals surface area contributed by atoms with E-state index in [1.165, 1.54) is 11.8 Å². The summed E-state index contributed by atoms with van der Waals surface area (Å²) in [6.45, 7) is -1.19. The Bertz CT molecular complexity index is 961. The molecule has 0 spiro atoms. The lowest BCUT2D eigenvalue weighted by Crippen LogP contribution is -2.58. The van der Waals surface area contributed by atoms with Crippen molar-refractivity contribution < 1.29 is 31.9 Å². The monoisotopic (exact) mass is 466 g/mol. The summed E-state index contributed by atoms with van der Waals surface area (Å²) in [7, 11) is 0. The number of thiazole rings is 1. The highest BCUT2D eigenvalue weighted by Crippen LogP contribution is 2.35. The maximum Gasteiger partial charge on any atom is 0.389 e. The summed E-state index contributed by atoms with van der Waals surface area (Å²) < 4.78 is 57.4. The second kappa shape index (κ2) is 9.04. The number of ether oxygens (including phenoxy) is 1. The third-order valence-electron chi connectivity index (χ3n) is 4.38. The van der Waals surface area contributed by atoms with Gasteiger partial charge in [-0.25, -0.2) is 18.6 Å². The van der Waals surface area contributed by atoms with Gasteiger partial charge in [-0.05, 0) is 13.0 Å². The van der Waals surface area contributed by atoms with Gasteiger partial charge in [0.2, 0.25) is 5.91 Å². The van der Waals surface area contributed by atoms with Crippen molar-refractivity contribution in [2.24, 2.45) is 0 Å². The molecule has 0 bridgehead atoms. The molecule has 1 fully saturated rings. The minimum Gasteiger partial charge on any atom is -0.408 e. The van der Waals surface area contributed by atoms with Gasteiger partial charge in [0.05, 0.1) is 10.9 Å². The van der Waals surface area contributed by atoms with Crippen molar-refractivity contribution in [2.45, 2.75) is 25.6 Å². The predicted octanol–water partition coefficient (Wildman–Crippen LogP) is 3.30. The number of benzene rings is 1. The molecule has 1 unspecified atom stereocenters. The van der Waals surface area contributed by atoms with Crippen LogP contribution < -0.4 is 15.4 Å².